The maximum Gasteiger partial charge on any atom is 0.488 e. The van der Waals surface area contributed by atoms with Crippen LogP contribution in [0.5, 0.6) is 0 Å². The van der Waals surface area contributed by atoms with Crippen LogP contribution >= 0.6 is 0 Å². The van der Waals surface area contributed by atoms with Crippen LogP contribution < -0.4 is 5.46 Å². The largest absolute Gasteiger partial charge is 0.488 e. The van der Waals surface area contributed by atoms with Crippen molar-refractivity contribution in [3.8, 4) is 0 Å². The van der Waals surface area contributed by atoms with E-state index in [1.165, 1.54) is 0 Å². The van der Waals surface area contributed by atoms with Crippen molar-refractivity contribution in [2.45, 2.75) is 13.1 Å². The molecule has 0 saturated carbocycles. The first-order chi connectivity index (χ1) is 9.06. The number of imidazole rings is 1. The Labute approximate surface area is 113 Å². The summed E-state index contributed by atoms with van der Waals surface area (Å²) in [4.78, 5) is 6.45. The number of rotatable bonds is 5. The van der Waals surface area contributed by atoms with Crippen LogP contribution in [0, 0.1) is 0 Å². The standard InChI is InChI=1S/C13H18BN3O2/c1-16(10-13-15-7-8-17(13)2)9-11-3-5-12(6-4-11)14(18)19/h3-8,18-19H,9-10H2,1-2H3. The molecule has 19 heavy (non-hydrogen) atoms. The summed E-state index contributed by atoms with van der Waals surface area (Å²) in [7, 11) is 2.61. The van der Waals surface area contributed by atoms with Gasteiger partial charge in [-0.3, -0.25) is 4.90 Å². The van der Waals surface area contributed by atoms with Crippen LogP contribution in [0.1, 0.15) is 11.4 Å². The third kappa shape index (κ3) is 3.67. The lowest BCUT2D eigenvalue weighted by Gasteiger charge is -2.16. The van der Waals surface area contributed by atoms with Gasteiger partial charge in [0.1, 0.15) is 5.82 Å². The molecule has 5 nitrogen and oxygen atoms in total. The molecule has 1 aromatic heterocycles. The predicted octanol–water partition coefficient (Wildman–Crippen LogP) is -0.268. The minimum Gasteiger partial charge on any atom is -0.423 e. The van der Waals surface area contributed by atoms with Crippen molar-refractivity contribution >= 4 is 12.6 Å². The zero-order chi connectivity index (χ0) is 13.8. The zero-order valence-electron chi connectivity index (χ0n) is 11.2. The van der Waals surface area contributed by atoms with Gasteiger partial charge in [0.25, 0.3) is 0 Å². The summed E-state index contributed by atoms with van der Waals surface area (Å²) in [5.41, 5.74) is 1.64. The Kier molecular flexibility index (Phi) is 4.37. The molecule has 2 N–H and O–H groups in total. The van der Waals surface area contributed by atoms with E-state index in [2.05, 4.69) is 9.88 Å². The minimum absolute atomic E-state index is 0.510. The van der Waals surface area contributed by atoms with Crippen molar-refractivity contribution in [2.24, 2.45) is 7.05 Å². The molecule has 0 amide bonds. The Morgan fingerprint density at radius 2 is 1.89 bits per heavy atom. The summed E-state index contributed by atoms with van der Waals surface area (Å²) in [6.45, 7) is 1.56. The number of aromatic nitrogens is 2. The van der Waals surface area contributed by atoms with Gasteiger partial charge in [-0.05, 0) is 18.1 Å². The number of hydrogen-bond acceptors (Lipinski definition) is 4. The molecule has 0 unspecified atom stereocenters. The van der Waals surface area contributed by atoms with Crippen molar-refractivity contribution in [2.75, 3.05) is 7.05 Å². The molecule has 0 radical (unpaired) electrons. The van der Waals surface area contributed by atoms with E-state index in [1.54, 1.807) is 18.3 Å². The van der Waals surface area contributed by atoms with Crippen LogP contribution in [0.15, 0.2) is 36.7 Å². The van der Waals surface area contributed by atoms with Gasteiger partial charge in [0.05, 0.1) is 6.54 Å². The topological polar surface area (TPSA) is 61.5 Å². The monoisotopic (exact) mass is 259 g/mol. The highest BCUT2D eigenvalue weighted by Crippen LogP contribution is 2.05. The Morgan fingerprint density at radius 1 is 1.21 bits per heavy atom. The van der Waals surface area contributed by atoms with E-state index in [-0.39, 0.29) is 0 Å². The van der Waals surface area contributed by atoms with Gasteiger partial charge in [0.2, 0.25) is 0 Å². The van der Waals surface area contributed by atoms with Crippen LogP contribution in [0.25, 0.3) is 0 Å². The molecule has 100 valence electrons. The zero-order valence-corrected chi connectivity index (χ0v) is 11.2. The normalized spacial score (nSPS) is 11.0. The van der Waals surface area contributed by atoms with Crippen LogP contribution in [0.3, 0.4) is 0 Å². The predicted molar refractivity (Wildman–Crippen MR) is 74.6 cm³/mol. The van der Waals surface area contributed by atoms with Crippen molar-refractivity contribution in [1.29, 1.82) is 0 Å². The average Bonchev–Trinajstić information content (AvgIpc) is 2.75. The van der Waals surface area contributed by atoms with Crippen LogP contribution in [0.2, 0.25) is 0 Å². The molecule has 0 spiro atoms. The summed E-state index contributed by atoms with van der Waals surface area (Å²) in [6.07, 6.45) is 3.72. The lowest BCUT2D eigenvalue weighted by Crippen LogP contribution is -2.29. The van der Waals surface area contributed by atoms with Gasteiger partial charge < -0.3 is 14.6 Å². The number of aryl methyl sites for hydroxylation is 1. The second-order valence-corrected chi connectivity index (χ2v) is 4.74. The van der Waals surface area contributed by atoms with Gasteiger partial charge in [-0.1, -0.05) is 24.3 Å². The quantitative estimate of drug-likeness (QED) is 0.726. The fraction of sp³-hybridized carbons (Fsp3) is 0.308. The van der Waals surface area contributed by atoms with Crippen LogP contribution in [-0.4, -0.2) is 38.7 Å². The molecule has 0 aliphatic rings. The third-order valence-electron chi connectivity index (χ3n) is 3.06. The molecule has 0 aliphatic heterocycles. The van der Waals surface area contributed by atoms with E-state index in [1.807, 2.05) is 37.0 Å². The van der Waals surface area contributed by atoms with Crippen molar-refractivity contribution < 1.29 is 10.0 Å². The van der Waals surface area contributed by atoms with Gasteiger partial charge in [-0.15, -0.1) is 0 Å². The fourth-order valence-electron chi connectivity index (χ4n) is 1.95. The van der Waals surface area contributed by atoms with Crippen molar-refractivity contribution in [3.63, 3.8) is 0 Å². The molecule has 0 bridgehead atoms. The van der Waals surface area contributed by atoms with E-state index >= 15 is 0 Å². The second kappa shape index (κ2) is 6.01. The number of benzene rings is 1. The fourth-order valence-corrected chi connectivity index (χ4v) is 1.95. The highest BCUT2D eigenvalue weighted by molar-refractivity contribution is 6.58. The molecule has 2 aromatic rings. The third-order valence-corrected chi connectivity index (χ3v) is 3.06. The number of hydrogen-bond donors (Lipinski definition) is 2. The smallest absolute Gasteiger partial charge is 0.423 e. The van der Waals surface area contributed by atoms with Gasteiger partial charge in [0, 0.05) is 26.0 Å². The molecular formula is C13H18BN3O2. The minimum atomic E-state index is -1.40. The summed E-state index contributed by atoms with van der Waals surface area (Å²) in [6, 6.07) is 7.27. The van der Waals surface area contributed by atoms with Gasteiger partial charge in [-0.25, -0.2) is 4.98 Å². The maximum absolute atomic E-state index is 9.03. The SMILES string of the molecule is CN(Cc1ccc(B(O)O)cc1)Cc1nccn1C. The molecule has 0 saturated heterocycles. The molecular weight excluding hydrogens is 241 g/mol. The van der Waals surface area contributed by atoms with Crippen molar-refractivity contribution in [3.05, 3.63) is 48.0 Å². The average molecular weight is 259 g/mol. The molecule has 2 rings (SSSR count). The summed E-state index contributed by atoms with van der Waals surface area (Å²) >= 11 is 0. The molecule has 0 fully saturated rings. The lowest BCUT2D eigenvalue weighted by molar-refractivity contribution is 0.307. The molecule has 1 aromatic carbocycles. The Hall–Kier alpha value is -1.63. The first-order valence-electron chi connectivity index (χ1n) is 6.16. The van der Waals surface area contributed by atoms with Crippen molar-refractivity contribution in [1.82, 2.24) is 14.5 Å². The Morgan fingerprint density at radius 3 is 2.42 bits per heavy atom. The molecule has 0 atom stereocenters. The van der Waals surface area contributed by atoms with Gasteiger partial charge in [-0.2, -0.15) is 0 Å². The van der Waals surface area contributed by atoms with E-state index in [9.17, 15) is 0 Å². The highest BCUT2D eigenvalue weighted by atomic mass is 16.4. The highest BCUT2D eigenvalue weighted by Gasteiger charge is 2.10. The first-order valence-corrected chi connectivity index (χ1v) is 6.16. The Bertz CT molecular complexity index is 525. The Balaban J connectivity index is 1.95. The summed E-state index contributed by atoms with van der Waals surface area (Å²) in [5, 5.41) is 18.1. The van der Waals surface area contributed by atoms with Crippen LogP contribution in [-0.2, 0) is 20.1 Å². The maximum atomic E-state index is 9.03. The lowest BCUT2D eigenvalue weighted by atomic mass is 9.80. The van der Waals surface area contributed by atoms with Gasteiger partial charge >= 0.3 is 7.12 Å². The van der Waals surface area contributed by atoms with E-state index in [0.29, 0.717) is 5.46 Å². The van der Waals surface area contributed by atoms with E-state index in [4.69, 9.17) is 10.0 Å². The number of nitrogens with zero attached hydrogens (tertiary/aromatic N) is 3. The summed E-state index contributed by atoms with van der Waals surface area (Å²) in [5.74, 6) is 1.02. The van der Waals surface area contributed by atoms with E-state index in [0.717, 1.165) is 24.5 Å². The van der Waals surface area contributed by atoms with E-state index < -0.39 is 7.12 Å². The first kappa shape index (κ1) is 13.8. The van der Waals surface area contributed by atoms with Gasteiger partial charge in [0.15, 0.2) is 0 Å². The molecule has 1 heterocycles. The molecule has 6 heteroatoms. The molecule has 0 aliphatic carbocycles. The second-order valence-electron chi connectivity index (χ2n) is 4.74. The summed E-state index contributed by atoms with van der Waals surface area (Å²) < 4.78 is 2.00. The van der Waals surface area contributed by atoms with Crippen LogP contribution in [0.4, 0.5) is 0 Å².